The molecule has 1 aliphatic heterocycles. The first-order valence-electron chi connectivity index (χ1n) is 7.73. The topological polar surface area (TPSA) is 61.5 Å². The van der Waals surface area contributed by atoms with Gasteiger partial charge in [-0.25, -0.2) is 4.98 Å². The van der Waals surface area contributed by atoms with Crippen LogP contribution in [0.3, 0.4) is 0 Å². The number of H-pyrrole nitrogens is 1. The lowest BCUT2D eigenvalue weighted by Crippen LogP contribution is -2.44. The first-order valence-corrected chi connectivity index (χ1v) is 7.73. The Morgan fingerprint density at radius 3 is 2.91 bits per heavy atom. The van der Waals surface area contributed by atoms with Crippen molar-refractivity contribution >= 4 is 10.9 Å². The van der Waals surface area contributed by atoms with E-state index in [1.807, 2.05) is 12.1 Å². The number of nitrogens with one attached hydrogen (secondary N) is 1. The average Bonchev–Trinajstić information content (AvgIpc) is 2.53. The Bertz CT molecular complexity index is 677. The lowest BCUT2D eigenvalue weighted by molar-refractivity contribution is 0.145. The Hall–Kier alpha value is -1.92. The second-order valence-electron chi connectivity index (χ2n) is 5.76. The van der Waals surface area contributed by atoms with Crippen LogP contribution in [-0.2, 0) is 0 Å². The smallest absolute Gasteiger partial charge is 0.258 e. The Morgan fingerprint density at radius 2 is 2.09 bits per heavy atom. The molecule has 1 saturated heterocycles. The van der Waals surface area contributed by atoms with Gasteiger partial charge in [-0.2, -0.15) is 0 Å². The van der Waals surface area contributed by atoms with E-state index < -0.39 is 0 Å². The number of hydrogen-bond donors (Lipinski definition) is 1. The minimum atomic E-state index is -0.119. The summed E-state index contributed by atoms with van der Waals surface area (Å²) in [5.74, 6) is 0.768. The van der Waals surface area contributed by atoms with Crippen LogP contribution in [0.15, 0.2) is 29.3 Å². The quantitative estimate of drug-likeness (QED) is 0.833. The van der Waals surface area contributed by atoms with Gasteiger partial charge in [-0.05, 0) is 25.6 Å². The number of nitrogens with zero attached hydrogens (tertiary/aromatic N) is 3. The first-order chi connectivity index (χ1) is 10.7. The van der Waals surface area contributed by atoms with Gasteiger partial charge in [0, 0.05) is 38.8 Å². The van der Waals surface area contributed by atoms with Crippen molar-refractivity contribution in [1.82, 2.24) is 19.8 Å². The van der Waals surface area contributed by atoms with Gasteiger partial charge in [0.2, 0.25) is 0 Å². The summed E-state index contributed by atoms with van der Waals surface area (Å²) < 4.78 is 5.78. The highest BCUT2D eigenvalue weighted by Crippen LogP contribution is 2.16. The third-order valence-corrected chi connectivity index (χ3v) is 4.10. The average molecular weight is 302 g/mol. The predicted octanol–water partition coefficient (Wildman–Crippen LogP) is 0.939. The van der Waals surface area contributed by atoms with E-state index in [-0.39, 0.29) is 5.56 Å². The third kappa shape index (κ3) is 3.64. The Kier molecular flexibility index (Phi) is 4.70. The summed E-state index contributed by atoms with van der Waals surface area (Å²) in [6, 6.07) is 5.41. The Labute approximate surface area is 129 Å². The molecule has 0 unspecified atom stereocenters. The predicted molar refractivity (Wildman–Crippen MR) is 86.4 cm³/mol. The van der Waals surface area contributed by atoms with Crippen LogP contribution >= 0.6 is 0 Å². The molecule has 6 nitrogen and oxygen atoms in total. The SMILES string of the molecule is CN1CCN(CCCOc2ccc3c(=O)[nH]cnc3c2)CC1. The fourth-order valence-electron chi connectivity index (χ4n) is 2.69. The lowest BCUT2D eigenvalue weighted by Gasteiger charge is -2.32. The molecule has 118 valence electrons. The van der Waals surface area contributed by atoms with E-state index in [0.717, 1.165) is 44.9 Å². The van der Waals surface area contributed by atoms with Gasteiger partial charge < -0.3 is 19.5 Å². The second-order valence-corrected chi connectivity index (χ2v) is 5.76. The molecular formula is C16H22N4O2. The molecule has 0 amide bonds. The molecular weight excluding hydrogens is 280 g/mol. The number of aromatic amines is 1. The van der Waals surface area contributed by atoms with Crippen LogP contribution in [0.4, 0.5) is 0 Å². The Balaban J connectivity index is 1.48. The van der Waals surface area contributed by atoms with Crippen molar-refractivity contribution in [3.8, 4) is 5.75 Å². The molecule has 1 fully saturated rings. The number of likely N-dealkylation sites (N-methyl/N-ethyl adjacent to an activating group) is 1. The summed E-state index contributed by atoms with van der Waals surface area (Å²) in [6.07, 6.45) is 2.42. The highest BCUT2D eigenvalue weighted by atomic mass is 16.5. The first kappa shape index (κ1) is 15.0. The van der Waals surface area contributed by atoms with Crippen molar-refractivity contribution in [3.63, 3.8) is 0 Å². The maximum absolute atomic E-state index is 11.6. The summed E-state index contributed by atoms with van der Waals surface area (Å²) in [7, 11) is 2.17. The molecule has 0 saturated carbocycles. The summed E-state index contributed by atoms with van der Waals surface area (Å²) in [4.78, 5) is 23.2. The summed E-state index contributed by atoms with van der Waals surface area (Å²) in [5.41, 5.74) is 0.548. The monoisotopic (exact) mass is 302 g/mol. The molecule has 0 radical (unpaired) electrons. The number of benzene rings is 1. The van der Waals surface area contributed by atoms with Crippen LogP contribution in [0.2, 0.25) is 0 Å². The van der Waals surface area contributed by atoms with Gasteiger partial charge in [0.25, 0.3) is 5.56 Å². The molecule has 2 heterocycles. The molecule has 2 aromatic rings. The molecule has 0 bridgehead atoms. The molecule has 1 aliphatic rings. The molecule has 0 spiro atoms. The van der Waals surface area contributed by atoms with Gasteiger partial charge in [-0.1, -0.05) is 0 Å². The number of ether oxygens (including phenoxy) is 1. The van der Waals surface area contributed by atoms with Crippen molar-refractivity contribution in [2.24, 2.45) is 0 Å². The van der Waals surface area contributed by atoms with Crippen LogP contribution < -0.4 is 10.3 Å². The normalized spacial score (nSPS) is 17.0. The molecule has 1 N–H and O–H groups in total. The van der Waals surface area contributed by atoms with Crippen molar-refractivity contribution in [1.29, 1.82) is 0 Å². The van der Waals surface area contributed by atoms with Gasteiger partial charge in [0.1, 0.15) is 5.75 Å². The van der Waals surface area contributed by atoms with Crippen LogP contribution in [0.25, 0.3) is 10.9 Å². The van der Waals surface area contributed by atoms with Crippen molar-refractivity contribution in [2.45, 2.75) is 6.42 Å². The fourth-order valence-corrected chi connectivity index (χ4v) is 2.69. The largest absolute Gasteiger partial charge is 0.493 e. The van der Waals surface area contributed by atoms with Gasteiger partial charge >= 0.3 is 0 Å². The zero-order valence-electron chi connectivity index (χ0n) is 12.9. The van der Waals surface area contributed by atoms with E-state index in [0.29, 0.717) is 17.5 Å². The number of piperazine rings is 1. The van der Waals surface area contributed by atoms with Crippen LogP contribution in [0, 0.1) is 0 Å². The highest BCUT2D eigenvalue weighted by molar-refractivity contribution is 5.78. The van der Waals surface area contributed by atoms with E-state index in [9.17, 15) is 4.79 Å². The van der Waals surface area contributed by atoms with Gasteiger partial charge in [-0.3, -0.25) is 4.79 Å². The maximum atomic E-state index is 11.6. The van der Waals surface area contributed by atoms with Gasteiger partial charge in [0.05, 0.1) is 23.8 Å². The van der Waals surface area contributed by atoms with E-state index in [1.165, 1.54) is 6.33 Å². The number of rotatable bonds is 5. The highest BCUT2D eigenvalue weighted by Gasteiger charge is 2.12. The van der Waals surface area contributed by atoms with Crippen LogP contribution in [-0.4, -0.2) is 66.1 Å². The second kappa shape index (κ2) is 6.89. The Morgan fingerprint density at radius 1 is 1.27 bits per heavy atom. The minimum Gasteiger partial charge on any atom is -0.493 e. The maximum Gasteiger partial charge on any atom is 0.258 e. The molecule has 0 atom stereocenters. The van der Waals surface area contributed by atoms with E-state index in [1.54, 1.807) is 6.07 Å². The standard InChI is InChI=1S/C16H22N4O2/c1-19-6-8-20(9-7-19)5-2-10-22-13-3-4-14-15(11-13)17-12-18-16(14)21/h3-4,11-12H,2,5-10H2,1H3,(H,17,18,21). The number of aromatic nitrogens is 2. The minimum absolute atomic E-state index is 0.119. The zero-order chi connectivity index (χ0) is 15.4. The van der Waals surface area contributed by atoms with Gasteiger partial charge in [-0.15, -0.1) is 0 Å². The van der Waals surface area contributed by atoms with Crippen molar-refractivity contribution < 1.29 is 4.74 Å². The van der Waals surface area contributed by atoms with Crippen molar-refractivity contribution in [2.75, 3.05) is 46.4 Å². The molecule has 1 aromatic heterocycles. The number of hydrogen-bond acceptors (Lipinski definition) is 5. The van der Waals surface area contributed by atoms with Crippen molar-refractivity contribution in [3.05, 3.63) is 34.9 Å². The molecule has 0 aliphatic carbocycles. The summed E-state index contributed by atoms with van der Waals surface area (Å²) in [6.45, 7) is 6.32. The zero-order valence-corrected chi connectivity index (χ0v) is 12.9. The summed E-state index contributed by atoms with van der Waals surface area (Å²) in [5, 5.41) is 0.590. The van der Waals surface area contributed by atoms with E-state index >= 15 is 0 Å². The van der Waals surface area contributed by atoms with Crippen LogP contribution in [0.5, 0.6) is 5.75 Å². The lowest BCUT2D eigenvalue weighted by atomic mass is 10.2. The molecule has 1 aromatic carbocycles. The third-order valence-electron chi connectivity index (χ3n) is 4.10. The fraction of sp³-hybridized carbons (Fsp3) is 0.500. The van der Waals surface area contributed by atoms with Gasteiger partial charge in [0.15, 0.2) is 0 Å². The van der Waals surface area contributed by atoms with Crippen LogP contribution in [0.1, 0.15) is 6.42 Å². The number of fused-ring (bicyclic) bond motifs is 1. The molecule has 22 heavy (non-hydrogen) atoms. The summed E-state index contributed by atoms with van der Waals surface area (Å²) >= 11 is 0. The molecule has 3 rings (SSSR count). The molecule has 6 heteroatoms. The van der Waals surface area contributed by atoms with E-state index in [4.69, 9.17) is 4.74 Å². The van der Waals surface area contributed by atoms with E-state index in [2.05, 4.69) is 26.8 Å².